The lowest BCUT2D eigenvalue weighted by Crippen LogP contribution is -2.50. The van der Waals surface area contributed by atoms with Crippen molar-refractivity contribution >= 4 is 17.3 Å². The predicted octanol–water partition coefficient (Wildman–Crippen LogP) is 0.460. The van der Waals surface area contributed by atoms with E-state index in [1.165, 1.54) is 12.1 Å². The Morgan fingerprint density at radius 2 is 1.90 bits per heavy atom. The lowest BCUT2D eigenvalue weighted by atomic mass is 10.2. The minimum Gasteiger partial charge on any atom is -0.752 e. The van der Waals surface area contributed by atoms with Gasteiger partial charge < -0.3 is 35.0 Å². The highest BCUT2D eigenvalue weighted by molar-refractivity contribution is 6.04. The molecule has 0 fully saturated rings. The highest BCUT2D eigenvalue weighted by Gasteiger charge is 2.23. The highest BCUT2D eigenvalue weighted by atomic mass is 16.7. The van der Waals surface area contributed by atoms with E-state index in [2.05, 4.69) is 10.4 Å². The smallest absolute Gasteiger partial charge is 0.231 e. The molecule has 0 bridgehead atoms. The molecule has 0 saturated heterocycles. The van der Waals surface area contributed by atoms with E-state index in [0.29, 0.717) is 34.8 Å². The SMILES string of the molecule is CN(C)CCN=C1NN([O-])c2cc3c(cc2N1[O-])OCO3. The van der Waals surface area contributed by atoms with E-state index in [4.69, 9.17) is 9.47 Å². The van der Waals surface area contributed by atoms with Crippen molar-refractivity contribution in [2.24, 2.45) is 4.99 Å². The molecule has 0 aliphatic carbocycles. The molecule has 0 aromatic heterocycles. The van der Waals surface area contributed by atoms with Crippen molar-refractivity contribution < 1.29 is 9.47 Å². The van der Waals surface area contributed by atoms with E-state index >= 15 is 0 Å². The number of hydrogen-bond donors (Lipinski definition) is 1. The number of ether oxygens (including phenoxy) is 2. The molecule has 0 spiro atoms. The van der Waals surface area contributed by atoms with Crippen LogP contribution in [-0.4, -0.2) is 44.8 Å². The predicted molar refractivity (Wildman–Crippen MR) is 78.2 cm³/mol. The van der Waals surface area contributed by atoms with E-state index in [0.717, 1.165) is 0 Å². The van der Waals surface area contributed by atoms with Crippen molar-refractivity contribution in [3.63, 3.8) is 0 Å². The first kappa shape index (κ1) is 13.7. The van der Waals surface area contributed by atoms with Crippen LogP contribution in [0.4, 0.5) is 11.4 Å². The first-order chi connectivity index (χ1) is 10.1. The molecule has 2 heterocycles. The standard InChI is InChI=1S/C12H15N5O4/c1-15(2)4-3-13-12-14-17(19)9-6-11-10(20-7-21-11)5-8(9)16(12)18/h5-6H,3-4,7H2,1-2H3,(H,13,14)/q-2. The average molecular weight is 293 g/mol. The normalized spacial score (nSPS) is 18.2. The molecule has 1 aromatic carbocycles. The number of likely N-dealkylation sites (N-methyl/N-ethyl adjacent to an activating group) is 1. The minimum atomic E-state index is -0.0433. The molecule has 114 valence electrons. The summed E-state index contributed by atoms with van der Waals surface area (Å²) in [7, 11) is 3.80. The summed E-state index contributed by atoms with van der Waals surface area (Å²) < 4.78 is 10.4. The fourth-order valence-electron chi connectivity index (χ4n) is 2.01. The van der Waals surface area contributed by atoms with Crippen molar-refractivity contribution in [3.8, 4) is 11.5 Å². The van der Waals surface area contributed by atoms with Crippen LogP contribution in [0.3, 0.4) is 0 Å². The summed E-state index contributed by atoms with van der Waals surface area (Å²) in [5.41, 5.74) is 2.76. The Morgan fingerprint density at radius 1 is 1.24 bits per heavy atom. The van der Waals surface area contributed by atoms with Gasteiger partial charge in [0, 0.05) is 18.7 Å². The maximum Gasteiger partial charge on any atom is 0.231 e. The van der Waals surface area contributed by atoms with E-state index in [9.17, 15) is 10.4 Å². The molecule has 1 N–H and O–H groups in total. The fourth-order valence-corrected chi connectivity index (χ4v) is 2.01. The lowest BCUT2D eigenvalue weighted by molar-refractivity contribution is 0.174. The topological polar surface area (TPSA) is 98.7 Å². The zero-order valence-electron chi connectivity index (χ0n) is 11.7. The summed E-state index contributed by atoms with van der Waals surface area (Å²) in [5.74, 6) is 0.841. The van der Waals surface area contributed by atoms with Crippen LogP contribution >= 0.6 is 0 Å². The van der Waals surface area contributed by atoms with Gasteiger partial charge in [0.15, 0.2) is 11.5 Å². The van der Waals surface area contributed by atoms with Crippen LogP contribution < -0.4 is 25.1 Å². The molecule has 9 nitrogen and oxygen atoms in total. The average Bonchev–Trinajstić information content (AvgIpc) is 2.89. The molecule has 9 heteroatoms. The van der Waals surface area contributed by atoms with Gasteiger partial charge in [0.25, 0.3) is 0 Å². The van der Waals surface area contributed by atoms with Crippen molar-refractivity contribution in [2.75, 3.05) is 44.2 Å². The Labute approximate surface area is 121 Å². The molecule has 21 heavy (non-hydrogen) atoms. The van der Waals surface area contributed by atoms with Crippen LogP contribution in [0.15, 0.2) is 17.1 Å². The Kier molecular flexibility index (Phi) is 3.45. The summed E-state index contributed by atoms with van der Waals surface area (Å²) >= 11 is 0. The summed E-state index contributed by atoms with van der Waals surface area (Å²) in [5, 5.41) is 25.4. The molecule has 0 saturated carbocycles. The molecule has 3 rings (SSSR count). The summed E-state index contributed by atoms with van der Waals surface area (Å²) in [6.07, 6.45) is 0. The Hall–Kier alpha value is -2.23. The zero-order chi connectivity index (χ0) is 15.0. The maximum absolute atomic E-state index is 12.3. The Balaban J connectivity index is 1.88. The van der Waals surface area contributed by atoms with Gasteiger partial charge in [0.2, 0.25) is 12.8 Å². The van der Waals surface area contributed by atoms with Gasteiger partial charge in [-0.05, 0) is 14.1 Å². The van der Waals surface area contributed by atoms with Crippen LogP contribution in [0.2, 0.25) is 0 Å². The molecule has 0 radical (unpaired) electrons. The Morgan fingerprint density at radius 3 is 2.57 bits per heavy atom. The van der Waals surface area contributed by atoms with Crippen LogP contribution in [0.25, 0.3) is 0 Å². The largest absolute Gasteiger partial charge is 0.752 e. The second-order valence-corrected chi connectivity index (χ2v) is 4.90. The van der Waals surface area contributed by atoms with Crippen molar-refractivity contribution in [3.05, 3.63) is 22.5 Å². The number of nitrogens with one attached hydrogen (secondary N) is 1. The molecular weight excluding hydrogens is 278 g/mol. The number of guanidine groups is 1. The third kappa shape index (κ3) is 2.53. The number of aliphatic imine (C=N–C) groups is 1. The molecule has 0 unspecified atom stereocenters. The van der Waals surface area contributed by atoms with Gasteiger partial charge >= 0.3 is 0 Å². The number of fused-ring (bicyclic) bond motifs is 2. The number of hydrogen-bond acceptors (Lipinski definition) is 7. The van der Waals surface area contributed by atoms with E-state index in [1.807, 2.05) is 19.0 Å². The van der Waals surface area contributed by atoms with Gasteiger partial charge in [-0.25, -0.2) is 0 Å². The fraction of sp³-hybridized carbons (Fsp3) is 0.417. The molecule has 2 aliphatic heterocycles. The number of nitrogens with zero attached hydrogens (tertiary/aromatic N) is 4. The summed E-state index contributed by atoms with van der Waals surface area (Å²) in [4.78, 5) is 6.04. The van der Waals surface area contributed by atoms with Gasteiger partial charge in [-0.15, -0.1) is 0 Å². The first-order valence-electron chi connectivity index (χ1n) is 6.40. The summed E-state index contributed by atoms with van der Waals surface area (Å²) in [6.45, 7) is 1.15. The minimum absolute atomic E-state index is 0.0433. The van der Waals surface area contributed by atoms with Crippen molar-refractivity contribution in [2.45, 2.75) is 0 Å². The quantitative estimate of drug-likeness (QED) is 0.858. The van der Waals surface area contributed by atoms with Crippen LogP contribution in [0, 0.1) is 10.4 Å². The van der Waals surface area contributed by atoms with Crippen LogP contribution in [0.1, 0.15) is 0 Å². The van der Waals surface area contributed by atoms with Crippen molar-refractivity contribution in [1.29, 1.82) is 0 Å². The highest BCUT2D eigenvalue weighted by Crippen LogP contribution is 2.43. The second-order valence-electron chi connectivity index (χ2n) is 4.90. The second kappa shape index (κ2) is 5.28. The van der Waals surface area contributed by atoms with E-state index < -0.39 is 0 Å². The van der Waals surface area contributed by atoms with Gasteiger partial charge in [-0.3, -0.25) is 10.4 Å². The van der Waals surface area contributed by atoms with Gasteiger partial charge in [-0.1, -0.05) is 0 Å². The molecular formula is C12H15N5O4-2. The maximum atomic E-state index is 12.3. The third-order valence-corrected chi connectivity index (χ3v) is 3.11. The lowest BCUT2D eigenvalue weighted by Gasteiger charge is -2.46. The molecule has 1 aromatic rings. The number of rotatable bonds is 3. The summed E-state index contributed by atoms with van der Waals surface area (Å²) in [6, 6.07) is 2.96. The molecule has 0 amide bonds. The number of anilines is 2. The number of hydrazine groups is 1. The molecule has 0 atom stereocenters. The van der Waals surface area contributed by atoms with Crippen LogP contribution in [0.5, 0.6) is 11.5 Å². The first-order valence-corrected chi connectivity index (χ1v) is 6.40. The molecule has 2 aliphatic rings. The van der Waals surface area contributed by atoms with Gasteiger partial charge in [0.1, 0.15) is 0 Å². The zero-order valence-corrected chi connectivity index (χ0v) is 11.7. The number of hydroxylamine groups is 1. The Bertz CT molecular complexity index is 577. The van der Waals surface area contributed by atoms with Gasteiger partial charge in [-0.2, -0.15) is 0 Å². The van der Waals surface area contributed by atoms with E-state index in [-0.39, 0.29) is 24.1 Å². The third-order valence-electron chi connectivity index (χ3n) is 3.11. The van der Waals surface area contributed by atoms with Crippen LogP contribution in [-0.2, 0) is 0 Å². The van der Waals surface area contributed by atoms with E-state index in [1.54, 1.807) is 0 Å². The van der Waals surface area contributed by atoms with Gasteiger partial charge in [0.05, 0.1) is 17.9 Å². The number of benzene rings is 1. The van der Waals surface area contributed by atoms with Crippen molar-refractivity contribution in [1.82, 2.24) is 10.3 Å². The monoisotopic (exact) mass is 293 g/mol.